The van der Waals surface area contributed by atoms with Crippen LogP contribution >= 0.6 is 21.6 Å². The van der Waals surface area contributed by atoms with Gasteiger partial charge in [0.25, 0.3) is 5.91 Å². The van der Waals surface area contributed by atoms with E-state index in [1.807, 2.05) is 6.07 Å². The fraction of sp³-hybridized carbons (Fsp3) is 0.263. The highest BCUT2D eigenvalue weighted by Crippen LogP contribution is 2.35. The first-order valence-corrected chi connectivity index (χ1v) is 10.5. The summed E-state index contributed by atoms with van der Waals surface area (Å²) in [6, 6.07) is 9.05. The Balaban J connectivity index is 1.80. The molecule has 0 aromatic heterocycles. The van der Waals surface area contributed by atoms with E-state index in [2.05, 4.69) is 36.5 Å². The molecule has 2 aromatic rings. The summed E-state index contributed by atoms with van der Waals surface area (Å²) in [4.78, 5) is 13.3. The topological polar surface area (TPSA) is 61.7 Å². The van der Waals surface area contributed by atoms with E-state index in [9.17, 15) is 13.6 Å². The summed E-state index contributed by atoms with van der Waals surface area (Å²) in [7, 11) is 3.25. The predicted molar refractivity (Wildman–Crippen MR) is 107 cm³/mol. The molecule has 0 heterocycles. The average molecular weight is 411 g/mol. The zero-order chi connectivity index (χ0) is 19.8. The quantitative estimate of drug-likeness (QED) is 0.221. The van der Waals surface area contributed by atoms with Crippen LogP contribution in [0.5, 0.6) is 0 Å². The minimum atomic E-state index is -0.748. The highest BCUT2D eigenvalue weighted by Gasteiger charge is 2.14. The normalized spacial score (nSPS) is 11.5. The summed E-state index contributed by atoms with van der Waals surface area (Å²) in [6.07, 6.45) is -0.165. The van der Waals surface area contributed by atoms with Gasteiger partial charge in [0.1, 0.15) is 17.3 Å². The lowest BCUT2D eigenvalue weighted by Crippen LogP contribution is -2.33. The molecule has 0 aliphatic rings. The van der Waals surface area contributed by atoms with Gasteiger partial charge in [-0.3, -0.25) is 4.79 Å². The smallest absolute Gasteiger partial charge is 0.269 e. The first-order chi connectivity index (χ1) is 12.9. The van der Waals surface area contributed by atoms with E-state index in [0.717, 1.165) is 18.2 Å². The third-order valence-electron chi connectivity index (χ3n) is 3.70. The number of hydrogen-bond acceptors (Lipinski definition) is 5. The van der Waals surface area contributed by atoms with Crippen molar-refractivity contribution in [3.05, 3.63) is 64.7 Å². The molecule has 0 unspecified atom stereocenters. The Labute approximate surface area is 164 Å². The minimum Gasteiger partial charge on any atom is -0.410 e. The second-order valence-corrected chi connectivity index (χ2v) is 8.31. The fourth-order valence-electron chi connectivity index (χ4n) is 2.41. The molecular formula is C19H20F2N2O2S2. The molecule has 2 rings (SSSR count). The van der Waals surface area contributed by atoms with Crippen LogP contribution in [0.4, 0.5) is 8.78 Å². The SMILES string of the molecule is Cc1cccc(C)c1SSCCNC(=O)/C(Cc1cc(F)cc(F)c1)=N/O. The average Bonchev–Trinajstić information content (AvgIpc) is 2.60. The van der Waals surface area contributed by atoms with E-state index in [-0.39, 0.29) is 17.7 Å². The van der Waals surface area contributed by atoms with Crippen molar-refractivity contribution < 1.29 is 18.8 Å². The second-order valence-electron chi connectivity index (χ2n) is 5.88. The third-order valence-corrected chi connectivity index (χ3v) is 6.35. The van der Waals surface area contributed by atoms with Crippen molar-refractivity contribution in [2.24, 2.45) is 5.16 Å². The zero-order valence-electron chi connectivity index (χ0n) is 15.0. The molecule has 0 spiro atoms. The molecule has 2 aromatic carbocycles. The Hall–Kier alpha value is -2.06. The molecule has 0 saturated heterocycles. The van der Waals surface area contributed by atoms with Crippen molar-refractivity contribution in [3.63, 3.8) is 0 Å². The van der Waals surface area contributed by atoms with E-state index < -0.39 is 17.5 Å². The van der Waals surface area contributed by atoms with Crippen LogP contribution in [-0.2, 0) is 11.2 Å². The van der Waals surface area contributed by atoms with Gasteiger partial charge in [0, 0.05) is 29.7 Å². The summed E-state index contributed by atoms with van der Waals surface area (Å²) in [6.45, 7) is 4.48. The first-order valence-electron chi connectivity index (χ1n) is 8.20. The van der Waals surface area contributed by atoms with Crippen LogP contribution in [0.2, 0.25) is 0 Å². The van der Waals surface area contributed by atoms with Gasteiger partial charge in [-0.25, -0.2) is 8.78 Å². The third kappa shape index (κ3) is 6.55. The van der Waals surface area contributed by atoms with E-state index >= 15 is 0 Å². The van der Waals surface area contributed by atoms with Gasteiger partial charge >= 0.3 is 0 Å². The van der Waals surface area contributed by atoms with Crippen molar-refractivity contribution in [3.8, 4) is 0 Å². The lowest BCUT2D eigenvalue weighted by atomic mass is 10.1. The molecule has 27 heavy (non-hydrogen) atoms. The summed E-state index contributed by atoms with van der Waals surface area (Å²) >= 11 is 0. The molecule has 144 valence electrons. The van der Waals surface area contributed by atoms with Gasteiger partial charge < -0.3 is 10.5 Å². The zero-order valence-corrected chi connectivity index (χ0v) is 16.6. The number of carbonyl (C=O) groups excluding carboxylic acids is 1. The van der Waals surface area contributed by atoms with E-state index in [1.54, 1.807) is 21.6 Å². The molecule has 0 fully saturated rings. The maximum atomic E-state index is 13.2. The summed E-state index contributed by atoms with van der Waals surface area (Å²) in [5.41, 5.74) is 2.42. The lowest BCUT2D eigenvalue weighted by molar-refractivity contribution is -0.114. The van der Waals surface area contributed by atoms with Crippen LogP contribution in [0.15, 0.2) is 46.4 Å². The predicted octanol–water partition coefficient (Wildman–Crippen LogP) is 4.51. The lowest BCUT2D eigenvalue weighted by Gasteiger charge is -2.09. The molecule has 1 amide bonds. The number of nitrogens with zero attached hydrogens (tertiary/aromatic N) is 1. The van der Waals surface area contributed by atoms with Crippen molar-refractivity contribution >= 4 is 33.2 Å². The van der Waals surface area contributed by atoms with Crippen LogP contribution in [0.25, 0.3) is 0 Å². The number of carbonyl (C=O) groups is 1. The monoisotopic (exact) mass is 410 g/mol. The number of aryl methyl sites for hydroxylation is 2. The molecule has 8 heteroatoms. The van der Waals surface area contributed by atoms with Crippen LogP contribution in [0, 0.1) is 25.5 Å². The second kappa shape index (κ2) is 10.3. The first kappa shape index (κ1) is 21.2. The van der Waals surface area contributed by atoms with E-state index in [0.29, 0.717) is 12.3 Å². The van der Waals surface area contributed by atoms with Crippen LogP contribution < -0.4 is 5.32 Å². The van der Waals surface area contributed by atoms with Gasteiger partial charge in [-0.05, 0) is 42.7 Å². The molecule has 0 saturated carbocycles. The van der Waals surface area contributed by atoms with Crippen molar-refractivity contribution in [1.82, 2.24) is 5.32 Å². The Morgan fingerprint density at radius 1 is 1.15 bits per heavy atom. The van der Waals surface area contributed by atoms with Gasteiger partial charge in [0.05, 0.1) is 0 Å². The van der Waals surface area contributed by atoms with Gasteiger partial charge in [0.2, 0.25) is 0 Å². The molecule has 0 aliphatic heterocycles. The number of halogens is 2. The minimum absolute atomic E-state index is 0.165. The Morgan fingerprint density at radius 3 is 2.37 bits per heavy atom. The molecule has 2 N–H and O–H groups in total. The maximum Gasteiger partial charge on any atom is 0.269 e. The van der Waals surface area contributed by atoms with Gasteiger partial charge in [-0.1, -0.05) is 44.9 Å². The van der Waals surface area contributed by atoms with Crippen LogP contribution in [0.3, 0.4) is 0 Å². The number of nitrogens with one attached hydrogen (secondary N) is 1. The number of oxime groups is 1. The van der Waals surface area contributed by atoms with Crippen molar-refractivity contribution in [1.29, 1.82) is 0 Å². The van der Waals surface area contributed by atoms with Gasteiger partial charge in [0.15, 0.2) is 0 Å². The summed E-state index contributed by atoms with van der Waals surface area (Å²) < 4.78 is 26.4. The van der Waals surface area contributed by atoms with Gasteiger partial charge in [-0.2, -0.15) is 0 Å². The Bertz CT molecular complexity index is 804. The van der Waals surface area contributed by atoms with Crippen molar-refractivity contribution in [2.45, 2.75) is 25.2 Å². The molecule has 0 radical (unpaired) electrons. The Kier molecular flexibility index (Phi) is 8.12. The molecule has 0 atom stereocenters. The molecule has 0 bridgehead atoms. The highest BCUT2D eigenvalue weighted by molar-refractivity contribution is 8.76. The number of rotatable bonds is 8. The molecule has 0 aliphatic carbocycles. The molecule has 4 nitrogen and oxygen atoms in total. The maximum absolute atomic E-state index is 13.2. The number of benzene rings is 2. The van der Waals surface area contributed by atoms with E-state index in [4.69, 9.17) is 5.21 Å². The van der Waals surface area contributed by atoms with E-state index in [1.165, 1.54) is 16.0 Å². The summed E-state index contributed by atoms with van der Waals surface area (Å²) in [5.74, 6) is -1.41. The van der Waals surface area contributed by atoms with Gasteiger partial charge in [-0.15, -0.1) is 0 Å². The number of hydrogen-bond donors (Lipinski definition) is 2. The highest BCUT2D eigenvalue weighted by atomic mass is 33.1. The van der Waals surface area contributed by atoms with Crippen LogP contribution in [-0.4, -0.2) is 29.1 Å². The standard InChI is InChI=1S/C19H20F2N2O2S2/c1-12-4-3-5-13(2)18(12)27-26-7-6-22-19(24)17(23-25)10-14-8-15(20)11-16(21)9-14/h3-5,8-9,11,25H,6-7,10H2,1-2H3,(H,22,24)/b23-17+. The van der Waals surface area contributed by atoms with Crippen molar-refractivity contribution in [2.75, 3.05) is 12.3 Å². The number of amides is 1. The molecular weight excluding hydrogens is 390 g/mol. The fourth-order valence-corrected chi connectivity index (χ4v) is 4.83. The summed E-state index contributed by atoms with van der Waals surface area (Å²) in [5, 5.41) is 14.6. The van der Waals surface area contributed by atoms with Crippen LogP contribution in [0.1, 0.15) is 16.7 Å². The largest absolute Gasteiger partial charge is 0.410 e. The Morgan fingerprint density at radius 2 is 1.78 bits per heavy atom.